The summed E-state index contributed by atoms with van der Waals surface area (Å²) in [5.74, 6) is -0.320. The molecule has 5 heteroatoms. The highest BCUT2D eigenvalue weighted by Crippen LogP contribution is 2.43. The molecule has 1 heterocycles. The van der Waals surface area contributed by atoms with E-state index in [0.29, 0.717) is 17.6 Å². The Hall–Kier alpha value is -2.33. The van der Waals surface area contributed by atoms with Crippen molar-refractivity contribution in [1.29, 1.82) is 0 Å². The SMILES string of the molecule is CCC/C(=N\C(C1=C(C)CC(C)(C)CC1=O)c1ccc(F)cc1Cl)c1ccncc1. The summed E-state index contributed by atoms with van der Waals surface area (Å²) in [4.78, 5) is 22.4. The number of aliphatic imine (C=N–C) groups is 1. The number of allylic oxidation sites excluding steroid dienone is 1. The van der Waals surface area contributed by atoms with Crippen LogP contribution in [0.1, 0.15) is 70.5 Å². The van der Waals surface area contributed by atoms with Crippen molar-refractivity contribution in [2.24, 2.45) is 10.4 Å². The van der Waals surface area contributed by atoms with Crippen LogP contribution in [-0.4, -0.2) is 16.5 Å². The van der Waals surface area contributed by atoms with Crippen LogP contribution in [-0.2, 0) is 4.79 Å². The number of hydrogen-bond donors (Lipinski definition) is 0. The zero-order chi connectivity index (χ0) is 21.9. The van der Waals surface area contributed by atoms with Gasteiger partial charge in [-0.05, 0) is 60.6 Å². The third-order valence-corrected chi connectivity index (χ3v) is 5.79. The fourth-order valence-electron chi connectivity index (χ4n) is 4.26. The van der Waals surface area contributed by atoms with E-state index in [4.69, 9.17) is 16.6 Å². The molecule has 158 valence electrons. The number of Topliss-reactive ketones (excluding diaryl/α,β-unsaturated/α-hetero) is 1. The average molecular weight is 427 g/mol. The maximum absolute atomic E-state index is 13.8. The van der Waals surface area contributed by atoms with E-state index < -0.39 is 11.9 Å². The number of hydrogen-bond acceptors (Lipinski definition) is 3. The standard InChI is InChI=1S/C25H28ClFN2O/c1-5-6-21(17-9-11-28-12-10-17)29-24(19-8-7-18(27)13-20(19)26)23-16(2)14-25(3,4)15-22(23)30/h7-13,24H,5-6,14-15H2,1-4H3/b29-21+. The number of halogens is 2. The van der Waals surface area contributed by atoms with Gasteiger partial charge in [0.05, 0.1) is 0 Å². The number of ketones is 1. The lowest BCUT2D eigenvalue weighted by Gasteiger charge is -2.33. The summed E-state index contributed by atoms with van der Waals surface area (Å²) in [5, 5.41) is 0.285. The van der Waals surface area contributed by atoms with Gasteiger partial charge in [-0.2, -0.15) is 0 Å². The molecule has 0 N–H and O–H groups in total. The first kappa shape index (κ1) is 22.4. The molecule has 30 heavy (non-hydrogen) atoms. The molecule has 1 aliphatic rings. The molecule has 0 saturated heterocycles. The van der Waals surface area contributed by atoms with Gasteiger partial charge in [-0.15, -0.1) is 0 Å². The van der Waals surface area contributed by atoms with Gasteiger partial charge in [0.15, 0.2) is 5.78 Å². The number of carbonyl (C=O) groups excluding carboxylic acids is 1. The Balaban J connectivity index is 2.21. The molecule has 1 aromatic heterocycles. The summed E-state index contributed by atoms with van der Waals surface area (Å²) in [7, 11) is 0. The van der Waals surface area contributed by atoms with Gasteiger partial charge in [0, 0.05) is 35.1 Å². The van der Waals surface area contributed by atoms with Crippen LogP contribution in [0, 0.1) is 11.2 Å². The number of pyridine rings is 1. The van der Waals surface area contributed by atoms with Crippen molar-refractivity contribution in [3.05, 3.63) is 75.8 Å². The van der Waals surface area contributed by atoms with E-state index in [1.807, 2.05) is 19.1 Å². The summed E-state index contributed by atoms with van der Waals surface area (Å²) >= 11 is 6.45. The van der Waals surface area contributed by atoms with E-state index in [1.165, 1.54) is 12.1 Å². The normalized spacial score (nSPS) is 17.9. The molecule has 1 unspecified atom stereocenters. The Morgan fingerprint density at radius 1 is 1.23 bits per heavy atom. The highest BCUT2D eigenvalue weighted by Gasteiger charge is 2.36. The summed E-state index contributed by atoms with van der Waals surface area (Å²) < 4.78 is 13.8. The van der Waals surface area contributed by atoms with Gasteiger partial charge < -0.3 is 0 Å². The molecule has 2 aromatic rings. The highest BCUT2D eigenvalue weighted by atomic mass is 35.5. The smallest absolute Gasteiger partial charge is 0.161 e. The molecular weight excluding hydrogens is 399 g/mol. The van der Waals surface area contributed by atoms with Gasteiger partial charge in [0.2, 0.25) is 0 Å². The molecule has 1 aliphatic carbocycles. The number of carbonyl (C=O) groups is 1. The van der Waals surface area contributed by atoms with Crippen LogP contribution in [0.4, 0.5) is 4.39 Å². The molecular formula is C25H28ClFN2O. The van der Waals surface area contributed by atoms with Gasteiger partial charge in [-0.3, -0.25) is 14.8 Å². The van der Waals surface area contributed by atoms with Gasteiger partial charge >= 0.3 is 0 Å². The van der Waals surface area contributed by atoms with Crippen LogP contribution in [0.3, 0.4) is 0 Å². The van der Waals surface area contributed by atoms with Crippen molar-refractivity contribution < 1.29 is 9.18 Å². The van der Waals surface area contributed by atoms with Crippen molar-refractivity contribution in [2.75, 3.05) is 0 Å². The Morgan fingerprint density at radius 3 is 2.53 bits per heavy atom. The zero-order valence-electron chi connectivity index (χ0n) is 18.0. The monoisotopic (exact) mass is 426 g/mol. The van der Waals surface area contributed by atoms with Crippen molar-refractivity contribution in [1.82, 2.24) is 4.98 Å². The fraction of sp³-hybridized carbons (Fsp3) is 0.400. The minimum absolute atomic E-state index is 0.0805. The van der Waals surface area contributed by atoms with E-state index in [-0.39, 0.29) is 16.2 Å². The first-order chi connectivity index (χ1) is 14.2. The fourth-order valence-corrected chi connectivity index (χ4v) is 4.53. The molecule has 0 fully saturated rings. The second-order valence-corrected chi connectivity index (χ2v) is 9.17. The molecule has 0 amide bonds. The lowest BCUT2D eigenvalue weighted by Crippen LogP contribution is -2.28. The second-order valence-electron chi connectivity index (χ2n) is 8.77. The maximum Gasteiger partial charge on any atom is 0.161 e. The molecule has 0 radical (unpaired) electrons. The first-order valence-corrected chi connectivity index (χ1v) is 10.7. The quantitative estimate of drug-likeness (QED) is 0.471. The first-order valence-electron chi connectivity index (χ1n) is 10.4. The summed E-state index contributed by atoms with van der Waals surface area (Å²) in [6, 6.07) is 7.60. The summed E-state index contributed by atoms with van der Waals surface area (Å²) in [6.45, 7) is 8.30. The molecule has 1 aromatic carbocycles. The van der Waals surface area contributed by atoms with Crippen LogP contribution < -0.4 is 0 Å². The Morgan fingerprint density at radius 2 is 1.93 bits per heavy atom. The molecule has 0 aliphatic heterocycles. The molecule has 3 nitrogen and oxygen atoms in total. The van der Waals surface area contributed by atoms with Gasteiger partial charge in [0.1, 0.15) is 11.9 Å². The van der Waals surface area contributed by atoms with Crippen LogP contribution in [0.15, 0.2) is 58.9 Å². The van der Waals surface area contributed by atoms with E-state index in [0.717, 1.165) is 36.1 Å². The number of benzene rings is 1. The lowest BCUT2D eigenvalue weighted by atomic mass is 9.72. The largest absolute Gasteiger partial charge is 0.294 e. The lowest BCUT2D eigenvalue weighted by molar-refractivity contribution is -0.118. The minimum Gasteiger partial charge on any atom is -0.294 e. The predicted octanol–water partition coefficient (Wildman–Crippen LogP) is 6.91. The minimum atomic E-state index is -0.559. The van der Waals surface area contributed by atoms with Crippen molar-refractivity contribution in [3.8, 4) is 0 Å². The number of rotatable bonds is 6. The highest BCUT2D eigenvalue weighted by molar-refractivity contribution is 6.31. The second kappa shape index (κ2) is 9.22. The van der Waals surface area contributed by atoms with Crippen LogP contribution in [0.2, 0.25) is 5.02 Å². The van der Waals surface area contributed by atoms with Crippen LogP contribution in [0.25, 0.3) is 0 Å². The van der Waals surface area contributed by atoms with Crippen molar-refractivity contribution in [2.45, 2.75) is 59.4 Å². The molecule has 0 spiro atoms. The van der Waals surface area contributed by atoms with Crippen LogP contribution in [0.5, 0.6) is 0 Å². The summed E-state index contributed by atoms with van der Waals surface area (Å²) in [6.07, 6.45) is 6.41. The molecule has 1 atom stereocenters. The van der Waals surface area contributed by atoms with Gasteiger partial charge in [0.25, 0.3) is 0 Å². The van der Waals surface area contributed by atoms with Crippen molar-refractivity contribution in [3.63, 3.8) is 0 Å². The third-order valence-electron chi connectivity index (χ3n) is 5.46. The Labute approximate surface area is 183 Å². The zero-order valence-corrected chi connectivity index (χ0v) is 18.8. The average Bonchev–Trinajstić information content (AvgIpc) is 2.66. The van der Waals surface area contributed by atoms with E-state index in [9.17, 15) is 9.18 Å². The Bertz CT molecular complexity index is 995. The van der Waals surface area contributed by atoms with E-state index in [2.05, 4.69) is 25.8 Å². The van der Waals surface area contributed by atoms with E-state index in [1.54, 1.807) is 18.5 Å². The number of aromatic nitrogens is 1. The van der Waals surface area contributed by atoms with Gasteiger partial charge in [-0.25, -0.2) is 4.39 Å². The third kappa shape index (κ3) is 5.04. The topological polar surface area (TPSA) is 42.3 Å². The summed E-state index contributed by atoms with van der Waals surface area (Å²) in [5.41, 5.74) is 4.15. The molecule has 0 bridgehead atoms. The number of nitrogens with zero attached hydrogens (tertiary/aromatic N) is 2. The maximum atomic E-state index is 13.8. The van der Waals surface area contributed by atoms with E-state index >= 15 is 0 Å². The van der Waals surface area contributed by atoms with Crippen molar-refractivity contribution >= 4 is 23.1 Å². The Kier molecular flexibility index (Phi) is 6.87. The van der Waals surface area contributed by atoms with Gasteiger partial charge in [-0.1, -0.05) is 50.4 Å². The predicted molar refractivity (Wildman–Crippen MR) is 121 cm³/mol. The van der Waals surface area contributed by atoms with Crippen LogP contribution >= 0.6 is 11.6 Å². The molecule has 3 rings (SSSR count). The molecule has 0 saturated carbocycles.